The maximum atomic E-state index is 13.1. The molecule has 119 heavy (non-hydrogen) atoms. The van der Waals surface area contributed by atoms with E-state index in [1.807, 2.05) is 0 Å². The summed E-state index contributed by atoms with van der Waals surface area (Å²) in [6.07, 6.45) is 1.42. The minimum Gasteiger partial charge on any atom is -0.744 e. The summed E-state index contributed by atoms with van der Waals surface area (Å²) < 4.78 is 157. The van der Waals surface area contributed by atoms with Gasteiger partial charge in [-0.05, 0) is 147 Å². The molecule has 0 spiro atoms. The molecule has 0 saturated carbocycles. The number of aliphatic hydroxyl groups is 6. The summed E-state index contributed by atoms with van der Waals surface area (Å²) in [5, 5.41) is 108. The van der Waals surface area contributed by atoms with Gasteiger partial charge in [0.2, 0.25) is 53.5 Å². The first-order chi connectivity index (χ1) is 53.5. The van der Waals surface area contributed by atoms with Gasteiger partial charge < -0.3 is 106 Å². The Morgan fingerprint density at radius 3 is 0.857 bits per heavy atom. The number of aromatic nitrogens is 9. The number of hydrogen-bond acceptors (Lipinski definition) is 44. The van der Waals surface area contributed by atoms with Crippen LogP contribution in [0.1, 0.15) is 49.9 Å². The summed E-state index contributed by atoms with van der Waals surface area (Å²) in [6.45, 7) is 4.45. The van der Waals surface area contributed by atoms with Gasteiger partial charge in [0, 0.05) is 83.2 Å². The zero-order chi connectivity index (χ0) is 82.0. The van der Waals surface area contributed by atoms with Crippen LogP contribution in [0.5, 0.6) is 0 Å². The van der Waals surface area contributed by atoms with E-state index >= 15 is 0 Å². The quantitative estimate of drug-likeness (QED) is 0.00423. The Hall–Kier alpha value is -4.11. The number of anilines is 15. The Kier molecular flexibility index (Phi) is 46.6. The Morgan fingerprint density at radius 1 is 0.361 bits per heavy atom. The number of aliphatic hydroxyl groups excluding tert-OH is 6. The Balaban J connectivity index is 0.00000610. The predicted molar refractivity (Wildman–Crippen MR) is 401 cm³/mol. The molecule has 0 amide bonds. The van der Waals surface area contributed by atoms with Crippen molar-refractivity contribution in [2.45, 2.75) is 81.5 Å². The molecule has 9 aromatic rings. The molecule has 0 fully saturated rings. The summed E-state index contributed by atoms with van der Waals surface area (Å²) in [5.41, 5.74) is 0.884. The van der Waals surface area contributed by atoms with Crippen LogP contribution in [-0.4, -0.2) is 204 Å². The average molecular weight is 1820 g/mol. The first-order valence-electron chi connectivity index (χ1n) is 32.8. The van der Waals surface area contributed by atoms with E-state index in [0.717, 1.165) is 36.4 Å². The van der Waals surface area contributed by atoms with Gasteiger partial charge in [0.1, 0.15) is 40.5 Å². The van der Waals surface area contributed by atoms with E-state index in [-0.39, 0.29) is 336 Å². The van der Waals surface area contributed by atoms with Crippen molar-refractivity contribution >= 4 is 177 Å². The maximum absolute atomic E-state index is 13.1. The molecule has 0 aliphatic heterocycles. The van der Waals surface area contributed by atoms with Crippen molar-refractivity contribution in [3.63, 3.8) is 0 Å². The van der Waals surface area contributed by atoms with Gasteiger partial charge in [-0.3, -0.25) is 10.1 Å². The van der Waals surface area contributed by atoms with E-state index in [9.17, 15) is 93.0 Å². The van der Waals surface area contributed by atoms with E-state index in [0.29, 0.717) is 24.1 Å². The van der Waals surface area contributed by atoms with Gasteiger partial charge in [-0.2, -0.15) is 53.5 Å². The minimum absolute atomic E-state index is 0. The molecule has 3 aromatic heterocycles. The zero-order valence-corrected chi connectivity index (χ0v) is 82.1. The van der Waals surface area contributed by atoms with Gasteiger partial charge in [-0.25, -0.2) is 33.7 Å². The monoisotopic (exact) mass is 1810 g/mol. The van der Waals surface area contributed by atoms with Gasteiger partial charge in [0.15, 0.2) is 0 Å². The smallest absolute Gasteiger partial charge is 0.744 e. The minimum atomic E-state index is -5.32. The fraction of sp³-hybridized carbons (Fsp3) is 0.246. The molecule has 3 heterocycles. The number of hydrogen-bond donors (Lipinski definition) is 12. The first-order valence-corrected chi connectivity index (χ1v) is 40.0. The molecule has 54 heteroatoms. The number of nitrogens with zero attached hydrogens (tertiary/aromatic N) is 12. The van der Waals surface area contributed by atoms with Crippen LogP contribution < -0.4 is 234 Å². The fourth-order valence-corrected chi connectivity index (χ4v) is 13.7. The third-order valence-electron chi connectivity index (χ3n) is 15.0. The van der Waals surface area contributed by atoms with Crippen LogP contribution in [0.4, 0.5) is 87.7 Å². The van der Waals surface area contributed by atoms with Crippen molar-refractivity contribution < 1.29 is 289 Å². The molecular formula is C65H68N18Na6O24S6. The van der Waals surface area contributed by atoms with Gasteiger partial charge in [-0.15, -0.1) is 0 Å². The topological polar surface area (TPSA) is 631 Å². The molecule has 604 valence electrons. The van der Waals surface area contributed by atoms with E-state index in [2.05, 4.69) is 95.5 Å². The average Bonchev–Trinajstić information content (AvgIpc) is 0.804. The Labute approximate surface area is 824 Å². The number of rotatable bonds is 41. The van der Waals surface area contributed by atoms with Crippen molar-refractivity contribution in [2.24, 2.45) is 0 Å². The van der Waals surface area contributed by atoms with Crippen LogP contribution in [0.15, 0.2) is 151 Å². The van der Waals surface area contributed by atoms with Crippen molar-refractivity contribution in [2.75, 3.05) is 99.1 Å². The van der Waals surface area contributed by atoms with E-state index in [1.54, 1.807) is 0 Å². The second-order valence-corrected chi connectivity index (χ2v) is 31.2. The van der Waals surface area contributed by atoms with Crippen LogP contribution in [0.2, 0.25) is 0 Å². The number of nitrogens with one attached hydrogen (secondary N) is 6. The third-order valence-corrected chi connectivity index (χ3v) is 19.8. The third kappa shape index (κ3) is 34.3. The fourth-order valence-electron chi connectivity index (χ4n) is 10.4. The van der Waals surface area contributed by atoms with Crippen molar-refractivity contribution in [3.8, 4) is 0 Å². The largest absolute Gasteiger partial charge is 1.00 e. The van der Waals surface area contributed by atoms with Crippen LogP contribution >= 0.6 is 24.1 Å². The van der Waals surface area contributed by atoms with Crippen molar-refractivity contribution in [3.05, 3.63) is 144 Å². The Bertz CT molecular complexity index is 5350. The molecular weight excluding hydrogens is 1750 g/mol. The first kappa shape index (κ1) is 109. The van der Waals surface area contributed by atoms with Crippen molar-refractivity contribution in [1.82, 2.24) is 44.9 Å². The van der Waals surface area contributed by atoms with E-state index < -0.39 is 97.7 Å². The molecule has 0 radical (unpaired) electrons. The standard InChI is InChI=1S/C65H74N18O24S6.6Na/c1-37(86)33-82(34-38(2)87)64-77-57(66-45-17-21-51(22-18-45)110(92,93)94)72-60(79-64)69-48-14-10-42(54(30-48)109-107-105-91)6-7-43-11-15-49(31-55(43)112(98,99)100)70-61-74-59(75-63(76-61)81(25-27-84)26-28-85)68-47-13-9-41(53(29-47)108-106-104-90)5-8-44-12-16-50(32-56(44)113(101,102)103)71-62-73-58(67-46-19-23-52(24-20-46)111(95,96)97)78-65(80-62)83(35-39(3)88)36-40(4)89;;;;;;/h5-24,29-32,37-40,84-91H,25-28,33-36H2,1-4H3,(H,92,93,94)(H,95,96,97)(H,98,99,100)(H,101,102,103)(H2,66,69,72,77,79)(H2,67,71,73,78,80)(H2,68,70,74,75,76);;;;;;/q;6*+1/p-6/b7-6+,8-5+;;;;;;. The zero-order valence-electron chi connectivity index (χ0n) is 65.2. The molecule has 12 N–H and O–H groups in total. The van der Waals surface area contributed by atoms with Gasteiger partial charge in [-0.1, -0.05) is 48.6 Å². The molecule has 42 nitrogen and oxygen atoms in total. The second-order valence-electron chi connectivity index (χ2n) is 24.2. The summed E-state index contributed by atoms with van der Waals surface area (Å²) >= 11 is 0.821. The normalized spacial score (nSPS) is 12.5. The molecule has 4 unspecified atom stereocenters. The molecule has 0 saturated heterocycles. The van der Waals surface area contributed by atoms with Gasteiger partial charge in [0.05, 0.1) is 81.3 Å². The van der Waals surface area contributed by atoms with E-state index in [1.165, 1.54) is 152 Å². The van der Waals surface area contributed by atoms with Crippen LogP contribution in [0, 0.1) is 0 Å². The SMILES string of the molecule is CC(O)CN(CC(C)O)c1nc(Nc2ccc(S(=O)(=O)[O-])cc2)nc(Nc2ccc(/C=C/c3ccc(Nc4nc(Nc5ccc(/C=C/c6ccc(Nc7nc(Nc8ccc(S(=O)(=O)[O-])cc8)nc(N(CC(C)O)CC(C)O)n7)cc6S(=O)(=O)[O-])c(SOO[O-])c5)nc(N(CCO)CCO)n4)cc3S(=O)(=O)[O-])c(SOO[O-])c2)n1.[Na+].[Na+].[Na+].[Na+].[Na+].[Na+]. The molecule has 9 rings (SSSR count). The second kappa shape index (κ2) is 50.9. The van der Waals surface area contributed by atoms with Crippen LogP contribution in [-0.2, 0) is 59.2 Å². The van der Waals surface area contributed by atoms with Crippen LogP contribution in [0.3, 0.4) is 0 Å². The molecule has 0 aliphatic carbocycles. The number of benzene rings is 6. The van der Waals surface area contributed by atoms with Crippen molar-refractivity contribution in [1.29, 1.82) is 0 Å². The molecule has 6 aromatic carbocycles. The van der Waals surface area contributed by atoms with Gasteiger partial charge in [0.25, 0.3) is 0 Å². The van der Waals surface area contributed by atoms with Crippen LogP contribution in [0.25, 0.3) is 24.3 Å². The molecule has 4 atom stereocenters. The predicted octanol–water partition coefficient (Wildman–Crippen LogP) is -14.9. The summed E-state index contributed by atoms with van der Waals surface area (Å²) in [6, 6.07) is 25.3. The summed E-state index contributed by atoms with van der Waals surface area (Å²) in [5.74, 6) is -1.57. The maximum Gasteiger partial charge on any atom is 1.00 e. The Morgan fingerprint density at radius 2 is 0.605 bits per heavy atom. The van der Waals surface area contributed by atoms with Gasteiger partial charge >= 0.3 is 177 Å². The molecule has 0 bridgehead atoms. The summed E-state index contributed by atoms with van der Waals surface area (Å²) in [7, 11) is -20.2. The summed E-state index contributed by atoms with van der Waals surface area (Å²) in [4.78, 5) is 41.8. The molecule has 0 aliphatic rings. The van der Waals surface area contributed by atoms with E-state index in [4.69, 9.17) is 0 Å².